The zero-order chi connectivity index (χ0) is 10.6. The second-order valence-electron chi connectivity index (χ2n) is 3.90. The van der Waals surface area contributed by atoms with Gasteiger partial charge in [0.1, 0.15) is 11.0 Å². The van der Waals surface area contributed by atoms with Gasteiger partial charge in [0, 0.05) is 5.56 Å². The highest BCUT2D eigenvalue weighted by atomic mass is 35.5. The van der Waals surface area contributed by atoms with Gasteiger partial charge >= 0.3 is 0 Å². The van der Waals surface area contributed by atoms with Crippen molar-refractivity contribution in [2.75, 3.05) is 5.32 Å². The highest BCUT2D eigenvalue weighted by Crippen LogP contribution is 2.52. The number of aromatic nitrogens is 2. The first-order chi connectivity index (χ1) is 7.13. The largest absolute Gasteiger partial charge is 0.309 e. The van der Waals surface area contributed by atoms with Gasteiger partial charge in [-0.15, -0.1) is 0 Å². The smallest absolute Gasteiger partial charge is 0.236 e. The third-order valence-corrected chi connectivity index (χ3v) is 3.63. The van der Waals surface area contributed by atoms with Gasteiger partial charge in [0.2, 0.25) is 11.2 Å². The molecule has 0 atom stereocenters. The summed E-state index contributed by atoms with van der Waals surface area (Å²) >= 11 is 11.7. The first-order valence-corrected chi connectivity index (χ1v) is 5.44. The molecule has 1 amide bonds. The van der Waals surface area contributed by atoms with Crippen LogP contribution in [-0.2, 0) is 10.2 Å². The first kappa shape index (κ1) is 9.36. The van der Waals surface area contributed by atoms with Crippen molar-refractivity contribution in [2.24, 2.45) is 0 Å². The van der Waals surface area contributed by atoms with E-state index in [4.69, 9.17) is 23.2 Å². The van der Waals surface area contributed by atoms with Gasteiger partial charge in [-0.25, -0.2) is 4.98 Å². The monoisotopic (exact) mass is 243 g/mol. The number of nitrogens with one attached hydrogen (secondary N) is 1. The molecular formula is C9H7Cl2N3O. The Morgan fingerprint density at radius 2 is 2.00 bits per heavy atom. The van der Waals surface area contributed by atoms with Crippen LogP contribution >= 0.6 is 23.2 Å². The lowest BCUT2D eigenvalue weighted by molar-refractivity contribution is -0.123. The fourth-order valence-corrected chi connectivity index (χ4v) is 2.83. The maximum Gasteiger partial charge on any atom is 0.236 e. The fourth-order valence-electron chi connectivity index (χ4n) is 2.27. The van der Waals surface area contributed by atoms with Gasteiger partial charge in [-0.2, -0.15) is 4.98 Å². The van der Waals surface area contributed by atoms with Crippen molar-refractivity contribution in [3.05, 3.63) is 16.0 Å². The second-order valence-corrected chi connectivity index (χ2v) is 4.59. The minimum absolute atomic E-state index is 0.0257. The van der Waals surface area contributed by atoms with Crippen LogP contribution in [0.5, 0.6) is 0 Å². The fraction of sp³-hybridized carbons (Fsp3) is 0.444. The van der Waals surface area contributed by atoms with Crippen LogP contribution in [-0.4, -0.2) is 15.9 Å². The molecule has 3 rings (SSSR count). The van der Waals surface area contributed by atoms with E-state index in [0.717, 1.165) is 24.8 Å². The number of hydrogen-bond acceptors (Lipinski definition) is 3. The molecule has 1 fully saturated rings. The maximum absolute atomic E-state index is 11.8. The number of hydrogen-bond donors (Lipinski definition) is 1. The van der Waals surface area contributed by atoms with Crippen LogP contribution in [0.4, 0.5) is 5.82 Å². The Hall–Kier alpha value is -0.870. The molecule has 0 bridgehead atoms. The van der Waals surface area contributed by atoms with Crippen molar-refractivity contribution >= 4 is 34.9 Å². The second kappa shape index (κ2) is 2.83. The predicted molar refractivity (Wildman–Crippen MR) is 56.2 cm³/mol. The summed E-state index contributed by atoms with van der Waals surface area (Å²) in [5.41, 5.74) is 0.251. The molecule has 0 saturated heterocycles. The Morgan fingerprint density at radius 1 is 1.27 bits per heavy atom. The number of carbonyl (C=O) groups is 1. The molecule has 0 unspecified atom stereocenters. The van der Waals surface area contributed by atoms with E-state index in [2.05, 4.69) is 15.3 Å². The lowest BCUT2D eigenvalue weighted by Crippen LogP contribution is -2.41. The molecule has 6 heteroatoms. The molecule has 1 aliphatic carbocycles. The minimum Gasteiger partial charge on any atom is -0.309 e. The van der Waals surface area contributed by atoms with Gasteiger partial charge in [-0.1, -0.05) is 18.0 Å². The third-order valence-electron chi connectivity index (χ3n) is 3.19. The number of anilines is 1. The summed E-state index contributed by atoms with van der Waals surface area (Å²) in [5.74, 6) is 0.451. The van der Waals surface area contributed by atoms with E-state index in [1.165, 1.54) is 0 Å². The molecule has 1 aromatic heterocycles. The van der Waals surface area contributed by atoms with Crippen molar-refractivity contribution in [1.82, 2.24) is 9.97 Å². The van der Waals surface area contributed by atoms with Crippen molar-refractivity contribution < 1.29 is 4.79 Å². The zero-order valence-corrected chi connectivity index (χ0v) is 9.19. The standard InChI is InChI=1S/C9H7Cl2N3O/c10-5-4-6(14-8(11)12-5)13-7(15)9(4)2-1-3-9/h1-3H2,(H,12,13,14,15). The van der Waals surface area contributed by atoms with E-state index in [0.29, 0.717) is 11.0 Å². The Labute approximate surface area is 96.0 Å². The molecule has 1 aromatic rings. The number of amides is 1. The van der Waals surface area contributed by atoms with Crippen molar-refractivity contribution in [3.63, 3.8) is 0 Å². The lowest BCUT2D eigenvalue weighted by atomic mass is 9.66. The Balaban J connectivity index is 2.24. The van der Waals surface area contributed by atoms with Crippen LogP contribution in [0.15, 0.2) is 0 Å². The summed E-state index contributed by atoms with van der Waals surface area (Å²) < 4.78 is 0. The van der Waals surface area contributed by atoms with E-state index in [1.807, 2.05) is 0 Å². The molecule has 1 spiro atoms. The van der Waals surface area contributed by atoms with Crippen LogP contribution in [0, 0.1) is 0 Å². The topological polar surface area (TPSA) is 54.9 Å². The summed E-state index contributed by atoms with van der Waals surface area (Å²) in [6.07, 6.45) is 2.67. The molecule has 15 heavy (non-hydrogen) atoms. The van der Waals surface area contributed by atoms with E-state index in [-0.39, 0.29) is 11.2 Å². The number of carbonyl (C=O) groups excluding carboxylic acids is 1. The van der Waals surface area contributed by atoms with Crippen molar-refractivity contribution in [3.8, 4) is 0 Å². The Bertz CT molecular complexity index is 471. The third kappa shape index (κ3) is 1.06. The number of halogens is 2. The SMILES string of the molecule is O=C1Nc2nc(Cl)nc(Cl)c2C12CCC2. The van der Waals surface area contributed by atoms with Crippen LogP contribution in [0.25, 0.3) is 0 Å². The van der Waals surface area contributed by atoms with E-state index >= 15 is 0 Å². The van der Waals surface area contributed by atoms with Gasteiger partial charge in [-0.05, 0) is 24.4 Å². The van der Waals surface area contributed by atoms with E-state index < -0.39 is 5.41 Å². The number of rotatable bonds is 0. The summed E-state index contributed by atoms with van der Waals surface area (Å²) in [5, 5.41) is 3.07. The quantitative estimate of drug-likeness (QED) is 0.562. The van der Waals surface area contributed by atoms with Crippen LogP contribution in [0.3, 0.4) is 0 Å². The summed E-state index contributed by atoms with van der Waals surface area (Å²) in [6.45, 7) is 0. The minimum atomic E-state index is -0.475. The molecule has 2 heterocycles. The molecule has 4 nitrogen and oxygen atoms in total. The summed E-state index contributed by atoms with van der Waals surface area (Å²) in [7, 11) is 0. The number of nitrogens with zero attached hydrogens (tertiary/aromatic N) is 2. The average Bonchev–Trinajstić information content (AvgIpc) is 2.35. The zero-order valence-electron chi connectivity index (χ0n) is 7.68. The number of fused-ring (bicyclic) bond motifs is 2. The van der Waals surface area contributed by atoms with Gasteiger partial charge in [-0.3, -0.25) is 4.79 Å². The Morgan fingerprint density at radius 3 is 2.60 bits per heavy atom. The molecule has 1 N–H and O–H groups in total. The first-order valence-electron chi connectivity index (χ1n) is 4.68. The average molecular weight is 244 g/mol. The molecule has 78 valence electrons. The Kier molecular flexibility index (Phi) is 1.77. The summed E-state index contributed by atoms with van der Waals surface area (Å²) in [4.78, 5) is 19.7. The molecule has 0 aromatic carbocycles. The van der Waals surface area contributed by atoms with Gasteiger partial charge in [0.15, 0.2) is 0 Å². The lowest BCUT2D eigenvalue weighted by Gasteiger charge is -2.35. The molecule has 1 aliphatic heterocycles. The van der Waals surface area contributed by atoms with Crippen molar-refractivity contribution in [1.29, 1.82) is 0 Å². The molecule has 0 radical (unpaired) electrons. The van der Waals surface area contributed by atoms with E-state index in [1.54, 1.807) is 0 Å². The maximum atomic E-state index is 11.8. The molecule has 2 aliphatic rings. The van der Waals surface area contributed by atoms with Crippen molar-refractivity contribution in [2.45, 2.75) is 24.7 Å². The molecular weight excluding hydrogens is 237 g/mol. The normalized spacial score (nSPS) is 21.1. The highest BCUT2D eigenvalue weighted by molar-refractivity contribution is 6.33. The highest BCUT2D eigenvalue weighted by Gasteiger charge is 2.53. The van der Waals surface area contributed by atoms with Gasteiger partial charge in [0.25, 0.3) is 0 Å². The van der Waals surface area contributed by atoms with Gasteiger partial charge < -0.3 is 5.32 Å². The van der Waals surface area contributed by atoms with Crippen LogP contribution < -0.4 is 5.32 Å². The van der Waals surface area contributed by atoms with Gasteiger partial charge in [0.05, 0.1) is 5.41 Å². The molecule has 1 saturated carbocycles. The van der Waals surface area contributed by atoms with Crippen LogP contribution in [0.2, 0.25) is 10.4 Å². The van der Waals surface area contributed by atoms with E-state index in [9.17, 15) is 4.79 Å². The summed E-state index contributed by atoms with van der Waals surface area (Å²) in [6, 6.07) is 0. The predicted octanol–water partition coefficient (Wildman–Crippen LogP) is 2.16. The van der Waals surface area contributed by atoms with Crippen LogP contribution in [0.1, 0.15) is 24.8 Å².